The highest BCUT2D eigenvalue weighted by Gasteiger charge is 2.17. The molecule has 0 unspecified atom stereocenters. The smallest absolute Gasteiger partial charge is 0.395 e. The van der Waals surface area contributed by atoms with Gasteiger partial charge in [0.25, 0.3) is 5.91 Å². The second-order valence-electron chi connectivity index (χ2n) is 4.46. The van der Waals surface area contributed by atoms with Crippen molar-refractivity contribution >= 4 is 11.8 Å². The van der Waals surface area contributed by atoms with E-state index >= 15 is 0 Å². The van der Waals surface area contributed by atoms with E-state index in [1.54, 1.807) is 0 Å². The Morgan fingerprint density at radius 1 is 1.40 bits per heavy atom. The topological polar surface area (TPSA) is 97.9 Å². The number of nitrogens with zero attached hydrogens (tertiary/aromatic N) is 2. The SMILES string of the molecule is O=C(NCCCN1CCOCC1)c1ccc([N+](=O)[O-])o1. The normalized spacial score (nSPS) is 16.0. The molecule has 1 amide bonds. The molecule has 0 spiro atoms. The summed E-state index contributed by atoms with van der Waals surface area (Å²) in [6, 6.07) is 2.47. The predicted molar refractivity (Wildman–Crippen MR) is 69.6 cm³/mol. The fourth-order valence-corrected chi connectivity index (χ4v) is 1.96. The Hall–Kier alpha value is -1.93. The van der Waals surface area contributed by atoms with Crippen LogP contribution in [0.1, 0.15) is 17.0 Å². The zero-order valence-electron chi connectivity index (χ0n) is 11.0. The van der Waals surface area contributed by atoms with Crippen molar-refractivity contribution in [2.45, 2.75) is 6.42 Å². The zero-order valence-corrected chi connectivity index (χ0v) is 11.0. The molecule has 1 aromatic heterocycles. The van der Waals surface area contributed by atoms with Crippen LogP contribution in [0.15, 0.2) is 16.5 Å². The highest BCUT2D eigenvalue weighted by molar-refractivity contribution is 5.91. The number of rotatable bonds is 6. The van der Waals surface area contributed by atoms with Crippen molar-refractivity contribution in [3.63, 3.8) is 0 Å². The lowest BCUT2D eigenvalue weighted by Gasteiger charge is -2.26. The number of amides is 1. The van der Waals surface area contributed by atoms with Gasteiger partial charge in [0, 0.05) is 19.6 Å². The van der Waals surface area contributed by atoms with Crippen LogP contribution in [-0.2, 0) is 4.74 Å². The largest absolute Gasteiger partial charge is 0.433 e. The minimum atomic E-state index is -0.671. The zero-order chi connectivity index (χ0) is 14.4. The number of nitro groups is 1. The van der Waals surface area contributed by atoms with E-state index in [1.807, 2.05) is 0 Å². The van der Waals surface area contributed by atoms with Gasteiger partial charge in [-0.3, -0.25) is 19.8 Å². The molecule has 8 nitrogen and oxygen atoms in total. The maximum atomic E-state index is 11.7. The fourth-order valence-electron chi connectivity index (χ4n) is 1.96. The number of hydrogen-bond acceptors (Lipinski definition) is 6. The molecule has 1 aliphatic rings. The number of hydrogen-bond donors (Lipinski definition) is 1. The van der Waals surface area contributed by atoms with Gasteiger partial charge in [-0.2, -0.15) is 0 Å². The first kappa shape index (κ1) is 14.5. The lowest BCUT2D eigenvalue weighted by atomic mass is 10.3. The van der Waals surface area contributed by atoms with Crippen molar-refractivity contribution in [2.24, 2.45) is 0 Å². The molecule has 20 heavy (non-hydrogen) atoms. The quantitative estimate of drug-likeness (QED) is 0.467. The van der Waals surface area contributed by atoms with E-state index < -0.39 is 16.7 Å². The van der Waals surface area contributed by atoms with E-state index in [-0.39, 0.29) is 5.76 Å². The third-order valence-electron chi connectivity index (χ3n) is 3.04. The third-order valence-corrected chi connectivity index (χ3v) is 3.04. The first-order valence-electron chi connectivity index (χ1n) is 6.49. The van der Waals surface area contributed by atoms with E-state index in [4.69, 9.17) is 9.15 Å². The minimum Gasteiger partial charge on any atom is -0.395 e. The van der Waals surface area contributed by atoms with Crippen molar-refractivity contribution in [2.75, 3.05) is 39.4 Å². The molecule has 0 atom stereocenters. The molecule has 2 heterocycles. The Balaban J connectivity index is 1.67. The molecule has 1 aromatic rings. The number of nitrogens with one attached hydrogen (secondary N) is 1. The van der Waals surface area contributed by atoms with Crippen molar-refractivity contribution in [3.05, 3.63) is 28.0 Å². The molecule has 1 aliphatic heterocycles. The summed E-state index contributed by atoms with van der Waals surface area (Å²) in [6.45, 7) is 4.73. The summed E-state index contributed by atoms with van der Waals surface area (Å²) in [5, 5.41) is 13.1. The maximum Gasteiger partial charge on any atom is 0.433 e. The molecular weight excluding hydrogens is 266 g/mol. The summed E-state index contributed by atoms with van der Waals surface area (Å²) < 4.78 is 10.1. The standard InChI is InChI=1S/C12H17N3O5/c16-12(10-2-3-11(20-10)15(17)18)13-4-1-5-14-6-8-19-9-7-14/h2-3H,1,4-9H2,(H,13,16). The lowest BCUT2D eigenvalue weighted by Crippen LogP contribution is -2.38. The number of carbonyl (C=O) groups is 1. The number of furan rings is 1. The number of carbonyl (C=O) groups excluding carboxylic acids is 1. The molecular formula is C12H17N3O5. The maximum absolute atomic E-state index is 11.7. The second-order valence-corrected chi connectivity index (χ2v) is 4.46. The van der Waals surface area contributed by atoms with Gasteiger partial charge < -0.3 is 14.5 Å². The van der Waals surface area contributed by atoms with Gasteiger partial charge in [0.15, 0.2) is 5.76 Å². The molecule has 0 aliphatic carbocycles. The molecule has 8 heteroatoms. The highest BCUT2D eigenvalue weighted by atomic mass is 16.6. The van der Waals surface area contributed by atoms with E-state index in [0.717, 1.165) is 39.3 Å². The van der Waals surface area contributed by atoms with Crippen LogP contribution in [0, 0.1) is 10.1 Å². The Kier molecular flexibility index (Phi) is 5.08. The molecule has 1 saturated heterocycles. The number of ether oxygens (including phenoxy) is 1. The Bertz CT molecular complexity index is 467. The number of morpholine rings is 1. The van der Waals surface area contributed by atoms with Crippen LogP contribution in [0.5, 0.6) is 0 Å². The molecule has 1 N–H and O–H groups in total. The monoisotopic (exact) mass is 283 g/mol. The Morgan fingerprint density at radius 3 is 2.80 bits per heavy atom. The predicted octanol–water partition coefficient (Wildman–Crippen LogP) is 0.640. The van der Waals surface area contributed by atoms with Crippen molar-refractivity contribution in [1.29, 1.82) is 0 Å². The van der Waals surface area contributed by atoms with E-state index in [0.29, 0.717) is 6.54 Å². The van der Waals surface area contributed by atoms with Crippen LogP contribution in [0.2, 0.25) is 0 Å². The Morgan fingerprint density at radius 2 is 2.15 bits per heavy atom. The lowest BCUT2D eigenvalue weighted by molar-refractivity contribution is -0.402. The fraction of sp³-hybridized carbons (Fsp3) is 0.583. The van der Waals surface area contributed by atoms with Crippen molar-refractivity contribution in [1.82, 2.24) is 10.2 Å². The van der Waals surface area contributed by atoms with Gasteiger partial charge in [-0.15, -0.1) is 0 Å². The van der Waals surface area contributed by atoms with Crippen LogP contribution in [0.4, 0.5) is 5.88 Å². The van der Waals surface area contributed by atoms with Gasteiger partial charge in [-0.05, 0) is 19.0 Å². The van der Waals surface area contributed by atoms with Crippen LogP contribution in [0.3, 0.4) is 0 Å². The molecule has 0 radical (unpaired) electrons. The van der Waals surface area contributed by atoms with Gasteiger partial charge in [0.1, 0.15) is 4.92 Å². The van der Waals surface area contributed by atoms with Gasteiger partial charge in [0.05, 0.1) is 19.3 Å². The first-order valence-corrected chi connectivity index (χ1v) is 6.49. The van der Waals surface area contributed by atoms with E-state index in [2.05, 4.69) is 10.2 Å². The molecule has 2 rings (SSSR count). The average Bonchev–Trinajstić information content (AvgIpc) is 2.94. The summed E-state index contributed by atoms with van der Waals surface area (Å²) >= 11 is 0. The molecule has 0 aromatic carbocycles. The van der Waals surface area contributed by atoms with Gasteiger partial charge in [0.2, 0.25) is 0 Å². The van der Waals surface area contributed by atoms with Crippen molar-refractivity contribution in [3.8, 4) is 0 Å². The summed E-state index contributed by atoms with van der Waals surface area (Å²) in [5.74, 6) is -0.897. The first-order chi connectivity index (χ1) is 9.66. The third kappa shape index (κ3) is 4.04. The van der Waals surface area contributed by atoms with E-state index in [1.165, 1.54) is 12.1 Å². The summed E-state index contributed by atoms with van der Waals surface area (Å²) in [6.07, 6.45) is 0.814. The molecule has 0 saturated carbocycles. The summed E-state index contributed by atoms with van der Waals surface area (Å²) in [7, 11) is 0. The average molecular weight is 283 g/mol. The molecule has 110 valence electrons. The Labute approximate surface area is 115 Å². The van der Waals surface area contributed by atoms with Crippen LogP contribution >= 0.6 is 0 Å². The van der Waals surface area contributed by atoms with Gasteiger partial charge >= 0.3 is 5.88 Å². The van der Waals surface area contributed by atoms with Crippen LogP contribution in [-0.4, -0.2) is 55.1 Å². The van der Waals surface area contributed by atoms with Gasteiger partial charge in [-0.1, -0.05) is 0 Å². The molecule has 1 fully saturated rings. The van der Waals surface area contributed by atoms with Gasteiger partial charge in [-0.25, -0.2) is 0 Å². The molecule has 0 bridgehead atoms. The van der Waals surface area contributed by atoms with E-state index in [9.17, 15) is 14.9 Å². The van der Waals surface area contributed by atoms with Crippen LogP contribution < -0.4 is 5.32 Å². The summed E-state index contributed by atoms with van der Waals surface area (Å²) in [5.41, 5.74) is 0. The van der Waals surface area contributed by atoms with Crippen molar-refractivity contribution < 1.29 is 18.9 Å². The minimum absolute atomic E-state index is 0.0388. The van der Waals surface area contributed by atoms with Crippen LogP contribution in [0.25, 0.3) is 0 Å². The highest BCUT2D eigenvalue weighted by Crippen LogP contribution is 2.15. The summed E-state index contributed by atoms with van der Waals surface area (Å²) in [4.78, 5) is 23.7. The second kappa shape index (κ2) is 7.01.